The largest absolute Gasteiger partial charge is 0.356 e. The van der Waals surface area contributed by atoms with E-state index in [4.69, 9.17) is 11.6 Å². The van der Waals surface area contributed by atoms with Crippen LogP contribution < -0.4 is 10.6 Å². The van der Waals surface area contributed by atoms with Crippen LogP contribution in [0.2, 0.25) is 5.02 Å². The van der Waals surface area contributed by atoms with Crippen LogP contribution in [-0.4, -0.2) is 44.0 Å². The summed E-state index contributed by atoms with van der Waals surface area (Å²) >= 11 is 5.95. The minimum atomic E-state index is 0.00348. The van der Waals surface area contributed by atoms with Crippen molar-refractivity contribution in [2.75, 3.05) is 27.2 Å². The van der Waals surface area contributed by atoms with Crippen molar-refractivity contribution in [2.24, 2.45) is 4.99 Å². The van der Waals surface area contributed by atoms with E-state index in [1.165, 1.54) is 0 Å². The van der Waals surface area contributed by atoms with E-state index >= 15 is 0 Å². The molecular formula is C15H23ClN4O. The second-order valence-electron chi connectivity index (χ2n) is 4.86. The predicted octanol–water partition coefficient (Wildman–Crippen LogP) is 1.87. The molecule has 0 saturated heterocycles. The maximum Gasteiger partial charge on any atom is 0.241 e. The second-order valence-corrected chi connectivity index (χ2v) is 5.30. The van der Waals surface area contributed by atoms with Crippen molar-refractivity contribution in [3.63, 3.8) is 0 Å². The average Bonchev–Trinajstić information content (AvgIpc) is 2.46. The summed E-state index contributed by atoms with van der Waals surface area (Å²) in [4.78, 5) is 17.6. The van der Waals surface area contributed by atoms with Crippen LogP contribution in [0.3, 0.4) is 0 Å². The SMILES string of the molecule is CCCNC(=NCc1cccc(Cl)c1)NCC(=O)N(C)C. The van der Waals surface area contributed by atoms with E-state index in [1.54, 1.807) is 19.0 Å². The number of likely N-dealkylation sites (N-methyl/N-ethyl adjacent to an activating group) is 1. The number of hydrogen-bond donors (Lipinski definition) is 2. The third-order valence-electron chi connectivity index (χ3n) is 2.76. The molecular weight excluding hydrogens is 288 g/mol. The first kappa shape index (κ1) is 17.3. The number of benzene rings is 1. The van der Waals surface area contributed by atoms with Crippen LogP contribution in [0.1, 0.15) is 18.9 Å². The van der Waals surface area contributed by atoms with E-state index in [9.17, 15) is 4.79 Å². The van der Waals surface area contributed by atoms with Crippen molar-refractivity contribution in [3.8, 4) is 0 Å². The summed E-state index contributed by atoms with van der Waals surface area (Å²) in [6.07, 6.45) is 0.986. The van der Waals surface area contributed by atoms with Gasteiger partial charge in [0.15, 0.2) is 5.96 Å². The molecule has 0 fully saturated rings. The van der Waals surface area contributed by atoms with Gasteiger partial charge < -0.3 is 15.5 Å². The molecule has 2 N–H and O–H groups in total. The minimum absolute atomic E-state index is 0.00348. The predicted molar refractivity (Wildman–Crippen MR) is 87.6 cm³/mol. The van der Waals surface area contributed by atoms with E-state index < -0.39 is 0 Å². The summed E-state index contributed by atoms with van der Waals surface area (Å²) in [5.41, 5.74) is 1.03. The van der Waals surface area contributed by atoms with Crippen molar-refractivity contribution < 1.29 is 4.79 Å². The van der Waals surface area contributed by atoms with E-state index in [2.05, 4.69) is 22.5 Å². The van der Waals surface area contributed by atoms with Crippen LogP contribution in [-0.2, 0) is 11.3 Å². The molecule has 1 aromatic carbocycles. The Morgan fingerprint density at radius 2 is 2.10 bits per heavy atom. The maximum absolute atomic E-state index is 11.6. The Bertz CT molecular complexity index is 488. The molecule has 0 unspecified atom stereocenters. The number of rotatable bonds is 6. The van der Waals surface area contributed by atoms with Crippen LogP contribution in [0.15, 0.2) is 29.3 Å². The van der Waals surface area contributed by atoms with Crippen LogP contribution in [0.5, 0.6) is 0 Å². The number of carbonyl (C=O) groups is 1. The molecule has 0 heterocycles. The maximum atomic E-state index is 11.6. The molecule has 0 saturated carbocycles. The lowest BCUT2D eigenvalue weighted by atomic mass is 10.2. The monoisotopic (exact) mass is 310 g/mol. The first-order valence-electron chi connectivity index (χ1n) is 6.99. The van der Waals surface area contributed by atoms with Crippen molar-refractivity contribution in [2.45, 2.75) is 19.9 Å². The van der Waals surface area contributed by atoms with Crippen LogP contribution in [0, 0.1) is 0 Å². The third-order valence-corrected chi connectivity index (χ3v) is 2.99. The molecule has 0 aliphatic heterocycles. The van der Waals surface area contributed by atoms with Gasteiger partial charge in [0.05, 0.1) is 13.1 Å². The zero-order valence-corrected chi connectivity index (χ0v) is 13.6. The number of carbonyl (C=O) groups excluding carboxylic acids is 1. The van der Waals surface area contributed by atoms with Gasteiger partial charge in [-0.15, -0.1) is 0 Å². The highest BCUT2D eigenvalue weighted by molar-refractivity contribution is 6.30. The Morgan fingerprint density at radius 3 is 2.71 bits per heavy atom. The molecule has 21 heavy (non-hydrogen) atoms. The summed E-state index contributed by atoms with van der Waals surface area (Å²) in [7, 11) is 3.46. The second kappa shape index (κ2) is 9.23. The Kier molecular flexibility index (Phi) is 7.61. The highest BCUT2D eigenvalue weighted by atomic mass is 35.5. The number of nitrogens with one attached hydrogen (secondary N) is 2. The van der Waals surface area contributed by atoms with Crippen molar-refractivity contribution in [1.29, 1.82) is 0 Å². The molecule has 0 bridgehead atoms. The van der Waals surface area contributed by atoms with Gasteiger partial charge in [0.2, 0.25) is 5.91 Å². The first-order valence-corrected chi connectivity index (χ1v) is 7.37. The third kappa shape index (κ3) is 6.99. The highest BCUT2D eigenvalue weighted by Crippen LogP contribution is 2.11. The fourth-order valence-corrected chi connectivity index (χ4v) is 1.75. The summed E-state index contributed by atoms with van der Waals surface area (Å²) < 4.78 is 0. The summed E-state index contributed by atoms with van der Waals surface area (Å²) in [6, 6.07) is 7.58. The van der Waals surface area contributed by atoms with Gasteiger partial charge in [0.25, 0.3) is 0 Å². The number of aliphatic imine (C=N–C) groups is 1. The lowest BCUT2D eigenvalue weighted by molar-refractivity contribution is -0.127. The number of amides is 1. The van der Waals surface area contributed by atoms with Gasteiger partial charge in [0.1, 0.15) is 0 Å². The topological polar surface area (TPSA) is 56.7 Å². The lowest BCUT2D eigenvalue weighted by Gasteiger charge is -2.14. The van der Waals surface area contributed by atoms with Gasteiger partial charge in [-0.2, -0.15) is 0 Å². The van der Waals surface area contributed by atoms with E-state index in [0.29, 0.717) is 17.5 Å². The van der Waals surface area contributed by atoms with E-state index in [-0.39, 0.29) is 12.5 Å². The highest BCUT2D eigenvalue weighted by Gasteiger charge is 2.05. The molecule has 6 heteroatoms. The molecule has 1 amide bonds. The van der Waals surface area contributed by atoms with Crippen molar-refractivity contribution >= 4 is 23.5 Å². The van der Waals surface area contributed by atoms with E-state index in [0.717, 1.165) is 18.5 Å². The van der Waals surface area contributed by atoms with Crippen LogP contribution >= 0.6 is 11.6 Å². The number of halogens is 1. The van der Waals surface area contributed by atoms with Gasteiger partial charge in [0, 0.05) is 25.7 Å². The standard InChI is InChI=1S/C15H23ClN4O/c1-4-8-17-15(19-11-14(21)20(2)3)18-10-12-6-5-7-13(16)9-12/h5-7,9H,4,8,10-11H2,1-3H3,(H2,17,18,19). The first-order chi connectivity index (χ1) is 10.0. The van der Waals surface area contributed by atoms with Crippen LogP contribution in [0.25, 0.3) is 0 Å². The van der Waals surface area contributed by atoms with Gasteiger partial charge in [-0.1, -0.05) is 30.7 Å². The number of guanidine groups is 1. The Labute approximate surface area is 131 Å². The van der Waals surface area contributed by atoms with Gasteiger partial charge >= 0.3 is 0 Å². The Balaban J connectivity index is 2.63. The fraction of sp³-hybridized carbons (Fsp3) is 0.467. The molecule has 0 aliphatic carbocycles. The number of nitrogens with zero attached hydrogens (tertiary/aromatic N) is 2. The molecule has 0 radical (unpaired) electrons. The summed E-state index contributed by atoms with van der Waals surface area (Å²) in [5, 5.41) is 6.91. The normalized spacial score (nSPS) is 11.1. The summed E-state index contributed by atoms with van der Waals surface area (Å²) in [5.74, 6) is 0.635. The quantitative estimate of drug-likeness (QED) is 0.623. The molecule has 0 aromatic heterocycles. The molecule has 1 rings (SSSR count). The molecule has 116 valence electrons. The molecule has 0 atom stereocenters. The molecule has 1 aromatic rings. The lowest BCUT2D eigenvalue weighted by Crippen LogP contribution is -2.43. The molecule has 5 nitrogen and oxygen atoms in total. The Hall–Kier alpha value is -1.75. The van der Waals surface area contributed by atoms with E-state index in [1.807, 2.05) is 24.3 Å². The van der Waals surface area contributed by atoms with Crippen molar-refractivity contribution in [1.82, 2.24) is 15.5 Å². The summed E-state index contributed by atoms with van der Waals surface area (Å²) in [6.45, 7) is 3.61. The van der Waals surface area contributed by atoms with Gasteiger partial charge in [-0.25, -0.2) is 4.99 Å². The minimum Gasteiger partial charge on any atom is -0.356 e. The van der Waals surface area contributed by atoms with Crippen LogP contribution in [0.4, 0.5) is 0 Å². The smallest absolute Gasteiger partial charge is 0.241 e. The molecule has 0 aliphatic rings. The molecule has 0 spiro atoms. The fourth-order valence-electron chi connectivity index (χ4n) is 1.54. The van der Waals surface area contributed by atoms with Crippen molar-refractivity contribution in [3.05, 3.63) is 34.9 Å². The van der Waals surface area contributed by atoms with Gasteiger partial charge in [-0.3, -0.25) is 4.79 Å². The van der Waals surface area contributed by atoms with Gasteiger partial charge in [-0.05, 0) is 24.1 Å². The number of hydrogen-bond acceptors (Lipinski definition) is 2. The zero-order chi connectivity index (χ0) is 15.7. The zero-order valence-electron chi connectivity index (χ0n) is 12.8. The Morgan fingerprint density at radius 1 is 1.33 bits per heavy atom. The average molecular weight is 311 g/mol.